The van der Waals surface area contributed by atoms with Gasteiger partial charge in [-0.25, -0.2) is 9.97 Å². The molecule has 1 aromatic carbocycles. The van der Waals surface area contributed by atoms with E-state index in [1.54, 1.807) is 11.8 Å². The molecule has 1 saturated heterocycles. The van der Waals surface area contributed by atoms with Crippen LogP contribution < -0.4 is 4.74 Å². The largest absolute Gasteiger partial charge is 0.458 e. The van der Waals surface area contributed by atoms with Crippen molar-refractivity contribution in [3.8, 4) is 6.01 Å². The number of aromatic nitrogens is 2. The molecule has 1 aliphatic rings. The standard InChI is InChI=1S/C16H16ClN3O2S/c1-23-14-5-3-2-4-13(14)15(21)20-7-6-12(10-20)22-16-18-8-11(17)9-19-16/h2-5,8-9,12H,6-7,10H2,1H3/t12-/m1/s1. The number of ether oxygens (including phenoxy) is 1. The number of hydrogen-bond donors (Lipinski definition) is 0. The molecular weight excluding hydrogens is 334 g/mol. The normalized spacial score (nSPS) is 17.3. The summed E-state index contributed by atoms with van der Waals surface area (Å²) in [6.07, 6.45) is 5.63. The van der Waals surface area contributed by atoms with Crippen LogP contribution in [0.15, 0.2) is 41.6 Å². The monoisotopic (exact) mass is 349 g/mol. The van der Waals surface area contributed by atoms with E-state index in [9.17, 15) is 4.79 Å². The molecule has 0 aliphatic carbocycles. The van der Waals surface area contributed by atoms with E-state index in [-0.39, 0.29) is 12.0 Å². The van der Waals surface area contributed by atoms with Gasteiger partial charge in [-0.3, -0.25) is 4.79 Å². The first-order valence-electron chi connectivity index (χ1n) is 7.24. The Balaban J connectivity index is 1.65. The van der Waals surface area contributed by atoms with Crippen LogP contribution >= 0.6 is 23.4 Å². The Hall–Kier alpha value is -1.79. The minimum Gasteiger partial charge on any atom is -0.458 e. The van der Waals surface area contributed by atoms with Crippen molar-refractivity contribution in [3.63, 3.8) is 0 Å². The number of benzene rings is 1. The molecule has 3 rings (SSSR count). The first-order chi connectivity index (χ1) is 11.2. The summed E-state index contributed by atoms with van der Waals surface area (Å²) in [7, 11) is 0. The molecule has 1 aliphatic heterocycles. The summed E-state index contributed by atoms with van der Waals surface area (Å²) in [6, 6.07) is 7.95. The quantitative estimate of drug-likeness (QED) is 0.794. The summed E-state index contributed by atoms with van der Waals surface area (Å²) in [5.41, 5.74) is 0.739. The van der Waals surface area contributed by atoms with Crippen LogP contribution in [0.1, 0.15) is 16.8 Å². The SMILES string of the molecule is CSc1ccccc1C(=O)N1CC[C@@H](Oc2ncc(Cl)cn2)C1. The number of rotatable bonds is 4. The highest BCUT2D eigenvalue weighted by Gasteiger charge is 2.29. The molecule has 0 N–H and O–H groups in total. The Labute approximate surface area is 144 Å². The Morgan fingerprint density at radius 1 is 1.35 bits per heavy atom. The van der Waals surface area contributed by atoms with Crippen LogP contribution in [-0.4, -0.2) is 46.2 Å². The van der Waals surface area contributed by atoms with Crippen molar-refractivity contribution in [2.75, 3.05) is 19.3 Å². The highest BCUT2D eigenvalue weighted by molar-refractivity contribution is 7.98. The molecule has 1 amide bonds. The van der Waals surface area contributed by atoms with Crippen molar-refractivity contribution in [2.24, 2.45) is 0 Å². The van der Waals surface area contributed by atoms with E-state index in [4.69, 9.17) is 16.3 Å². The predicted octanol–water partition coefficient (Wildman–Crippen LogP) is 3.15. The van der Waals surface area contributed by atoms with Gasteiger partial charge in [-0.1, -0.05) is 23.7 Å². The van der Waals surface area contributed by atoms with Gasteiger partial charge in [0.25, 0.3) is 5.91 Å². The lowest BCUT2D eigenvalue weighted by molar-refractivity contribution is 0.0766. The van der Waals surface area contributed by atoms with E-state index in [0.29, 0.717) is 24.1 Å². The molecule has 7 heteroatoms. The molecule has 5 nitrogen and oxygen atoms in total. The lowest BCUT2D eigenvalue weighted by atomic mass is 10.2. The second-order valence-electron chi connectivity index (χ2n) is 5.16. The summed E-state index contributed by atoms with van der Waals surface area (Å²) in [5.74, 6) is 0.0399. The van der Waals surface area contributed by atoms with Gasteiger partial charge in [-0.05, 0) is 18.4 Å². The fourth-order valence-corrected chi connectivity index (χ4v) is 3.20. The van der Waals surface area contributed by atoms with Gasteiger partial charge in [0.1, 0.15) is 6.10 Å². The van der Waals surface area contributed by atoms with Crippen molar-refractivity contribution < 1.29 is 9.53 Å². The van der Waals surface area contributed by atoms with E-state index in [0.717, 1.165) is 16.9 Å². The van der Waals surface area contributed by atoms with Gasteiger partial charge in [0, 0.05) is 17.9 Å². The maximum absolute atomic E-state index is 12.7. The van der Waals surface area contributed by atoms with Crippen molar-refractivity contribution in [1.29, 1.82) is 0 Å². The zero-order chi connectivity index (χ0) is 16.2. The minimum atomic E-state index is -0.0958. The predicted molar refractivity (Wildman–Crippen MR) is 90.2 cm³/mol. The van der Waals surface area contributed by atoms with Crippen molar-refractivity contribution in [3.05, 3.63) is 47.2 Å². The maximum atomic E-state index is 12.7. The molecule has 1 aromatic heterocycles. The Bertz CT molecular complexity index is 696. The molecule has 0 bridgehead atoms. The van der Waals surface area contributed by atoms with Gasteiger partial charge >= 0.3 is 6.01 Å². The lowest BCUT2D eigenvalue weighted by Crippen LogP contribution is -2.31. The van der Waals surface area contributed by atoms with Crippen LogP contribution in [0, 0.1) is 0 Å². The van der Waals surface area contributed by atoms with Crippen LogP contribution in [0.3, 0.4) is 0 Å². The van der Waals surface area contributed by atoms with E-state index in [1.165, 1.54) is 12.4 Å². The average Bonchev–Trinajstić information content (AvgIpc) is 3.05. The number of halogens is 1. The molecular formula is C16H16ClN3O2S. The smallest absolute Gasteiger partial charge is 0.316 e. The number of thioether (sulfide) groups is 1. The summed E-state index contributed by atoms with van der Waals surface area (Å²) in [4.78, 5) is 23.5. The van der Waals surface area contributed by atoms with Gasteiger partial charge in [0.2, 0.25) is 0 Å². The number of carbonyl (C=O) groups is 1. The molecule has 1 atom stereocenters. The third-order valence-electron chi connectivity index (χ3n) is 3.64. The molecule has 23 heavy (non-hydrogen) atoms. The molecule has 2 aromatic rings. The topological polar surface area (TPSA) is 55.3 Å². The summed E-state index contributed by atoms with van der Waals surface area (Å²) in [6.45, 7) is 1.20. The second kappa shape index (κ2) is 7.19. The van der Waals surface area contributed by atoms with E-state index >= 15 is 0 Å². The van der Waals surface area contributed by atoms with Crippen LogP contribution in [0.25, 0.3) is 0 Å². The Kier molecular flexibility index (Phi) is 5.03. The molecule has 0 unspecified atom stereocenters. The number of nitrogens with zero attached hydrogens (tertiary/aromatic N) is 3. The first kappa shape index (κ1) is 16.1. The second-order valence-corrected chi connectivity index (χ2v) is 6.45. The summed E-state index contributed by atoms with van der Waals surface area (Å²) in [5, 5.41) is 0.467. The highest BCUT2D eigenvalue weighted by atomic mass is 35.5. The zero-order valence-electron chi connectivity index (χ0n) is 12.6. The van der Waals surface area contributed by atoms with Crippen molar-refractivity contribution in [2.45, 2.75) is 17.4 Å². The number of hydrogen-bond acceptors (Lipinski definition) is 5. The molecule has 0 radical (unpaired) electrons. The first-order valence-corrected chi connectivity index (χ1v) is 8.84. The van der Waals surface area contributed by atoms with E-state index in [1.807, 2.05) is 35.4 Å². The molecule has 0 spiro atoms. The minimum absolute atomic E-state index is 0.0399. The van der Waals surface area contributed by atoms with Gasteiger partial charge in [-0.15, -0.1) is 11.8 Å². The summed E-state index contributed by atoms with van der Waals surface area (Å²) >= 11 is 7.33. The molecule has 0 saturated carbocycles. The highest BCUT2D eigenvalue weighted by Crippen LogP contribution is 2.24. The van der Waals surface area contributed by atoms with Crippen molar-refractivity contribution >= 4 is 29.3 Å². The maximum Gasteiger partial charge on any atom is 0.316 e. The average molecular weight is 350 g/mol. The van der Waals surface area contributed by atoms with Gasteiger partial charge in [-0.2, -0.15) is 0 Å². The van der Waals surface area contributed by atoms with Crippen LogP contribution in [-0.2, 0) is 0 Å². The number of likely N-dealkylation sites (tertiary alicyclic amines) is 1. The Morgan fingerprint density at radius 3 is 2.83 bits per heavy atom. The third-order valence-corrected chi connectivity index (χ3v) is 4.63. The molecule has 2 heterocycles. The number of carbonyl (C=O) groups excluding carboxylic acids is 1. The third kappa shape index (κ3) is 3.76. The van der Waals surface area contributed by atoms with Crippen molar-refractivity contribution in [1.82, 2.24) is 14.9 Å². The van der Waals surface area contributed by atoms with Gasteiger partial charge in [0.05, 0.1) is 29.5 Å². The van der Waals surface area contributed by atoms with Crippen LogP contribution in [0.2, 0.25) is 5.02 Å². The van der Waals surface area contributed by atoms with Crippen LogP contribution in [0.4, 0.5) is 0 Å². The lowest BCUT2D eigenvalue weighted by Gasteiger charge is -2.18. The van der Waals surface area contributed by atoms with Crippen LogP contribution in [0.5, 0.6) is 6.01 Å². The molecule has 120 valence electrons. The zero-order valence-corrected chi connectivity index (χ0v) is 14.2. The van der Waals surface area contributed by atoms with E-state index < -0.39 is 0 Å². The summed E-state index contributed by atoms with van der Waals surface area (Å²) < 4.78 is 5.72. The van der Waals surface area contributed by atoms with E-state index in [2.05, 4.69) is 9.97 Å². The molecule has 1 fully saturated rings. The van der Waals surface area contributed by atoms with Gasteiger partial charge in [0.15, 0.2) is 0 Å². The Morgan fingerprint density at radius 2 is 2.09 bits per heavy atom. The fraction of sp³-hybridized carbons (Fsp3) is 0.312. The number of amides is 1. The fourth-order valence-electron chi connectivity index (χ4n) is 2.51. The van der Waals surface area contributed by atoms with Gasteiger partial charge < -0.3 is 9.64 Å².